The van der Waals surface area contributed by atoms with Gasteiger partial charge in [-0.15, -0.1) is 0 Å². The highest BCUT2D eigenvalue weighted by molar-refractivity contribution is 6.15. The van der Waals surface area contributed by atoms with E-state index in [0.717, 1.165) is 22.2 Å². The Labute approximate surface area is 138 Å². The van der Waals surface area contributed by atoms with Crippen molar-refractivity contribution in [3.05, 3.63) is 71.5 Å². The molecule has 2 aromatic carbocycles. The molecule has 0 aliphatic heterocycles. The summed E-state index contributed by atoms with van der Waals surface area (Å²) in [6, 6.07) is 12.5. The molecule has 0 N–H and O–H groups in total. The number of nitrogens with zero attached hydrogens (tertiary/aromatic N) is 2. The molecule has 0 aliphatic rings. The van der Waals surface area contributed by atoms with Crippen molar-refractivity contribution < 1.29 is 13.4 Å². The van der Waals surface area contributed by atoms with E-state index in [2.05, 4.69) is 4.85 Å². The van der Waals surface area contributed by atoms with Crippen LogP contribution in [-0.4, -0.2) is 0 Å². The summed E-state index contributed by atoms with van der Waals surface area (Å²) < 4.78 is 22.5. The zero-order valence-corrected chi connectivity index (χ0v) is 13.3. The summed E-state index contributed by atoms with van der Waals surface area (Å²) in [7, 11) is 1.96. The van der Waals surface area contributed by atoms with E-state index in [1.807, 2.05) is 55.1 Å². The number of rotatable bonds is 1. The molecule has 0 amide bonds. The van der Waals surface area contributed by atoms with Gasteiger partial charge in [-0.05, 0) is 36.8 Å². The molecule has 24 heavy (non-hydrogen) atoms. The zero-order chi connectivity index (χ0) is 16.8. The third kappa shape index (κ3) is 1.92. The number of fused-ring (bicyclic) bond motifs is 3. The maximum absolute atomic E-state index is 14.6. The van der Waals surface area contributed by atoms with Gasteiger partial charge in [-0.2, -0.15) is 0 Å². The predicted molar refractivity (Wildman–Crippen MR) is 91.3 cm³/mol. The fourth-order valence-corrected chi connectivity index (χ4v) is 3.22. The first-order valence-corrected chi connectivity index (χ1v) is 7.58. The van der Waals surface area contributed by atoms with Gasteiger partial charge in [0.2, 0.25) is 11.4 Å². The van der Waals surface area contributed by atoms with Crippen LogP contribution in [0.5, 0.6) is 0 Å². The maximum atomic E-state index is 14.6. The van der Waals surface area contributed by atoms with Crippen LogP contribution in [0.15, 0.2) is 53.1 Å². The van der Waals surface area contributed by atoms with Crippen LogP contribution in [0.2, 0.25) is 0 Å². The molecule has 4 heteroatoms. The van der Waals surface area contributed by atoms with Crippen molar-refractivity contribution in [3.8, 4) is 11.3 Å². The highest BCUT2D eigenvalue weighted by Crippen LogP contribution is 2.41. The fourth-order valence-electron chi connectivity index (χ4n) is 3.22. The maximum Gasteiger partial charge on any atom is 0.229 e. The first-order chi connectivity index (χ1) is 11.6. The standard InChI is InChI=1S/C20H14FN2O/c1-12-7-10-16-19(17(12)15-6-4-5-11-23(15)3)18-13(21)8-9-14(22-2)20(18)24-16/h4-11H,1,3H3/q+1. The molecule has 0 fully saturated rings. The minimum Gasteiger partial charge on any atom is -0.467 e. The van der Waals surface area contributed by atoms with Crippen molar-refractivity contribution >= 4 is 27.6 Å². The quantitative estimate of drug-likeness (QED) is 0.354. The summed E-state index contributed by atoms with van der Waals surface area (Å²) in [5.74, 6) is -0.374. The van der Waals surface area contributed by atoms with Crippen molar-refractivity contribution in [2.75, 3.05) is 0 Å². The van der Waals surface area contributed by atoms with Crippen molar-refractivity contribution in [1.82, 2.24) is 0 Å². The van der Waals surface area contributed by atoms with Gasteiger partial charge in [0.1, 0.15) is 24.0 Å². The number of halogens is 1. The molecule has 0 saturated carbocycles. The summed E-state index contributed by atoms with van der Waals surface area (Å²) in [6.45, 7) is 9.30. The Morgan fingerprint density at radius 2 is 1.92 bits per heavy atom. The van der Waals surface area contributed by atoms with Gasteiger partial charge < -0.3 is 4.42 Å². The molecule has 0 spiro atoms. The number of hydrogen-bond donors (Lipinski definition) is 0. The van der Waals surface area contributed by atoms with Gasteiger partial charge in [-0.25, -0.2) is 13.8 Å². The SMILES string of the molecule is [C-]#[N+]c1ccc(F)c2c1oc1ccc(C)c(-c3cccc[n+]3C)c12. The molecule has 0 aliphatic carbocycles. The lowest BCUT2D eigenvalue weighted by Gasteiger charge is -2.06. The number of aromatic nitrogens is 1. The molecular weight excluding hydrogens is 303 g/mol. The highest BCUT2D eigenvalue weighted by atomic mass is 19.1. The van der Waals surface area contributed by atoms with Crippen LogP contribution in [0.3, 0.4) is 0 Å². The predicted octanol–water partition coefficient (Wildman–Crippen LogP) is 5.08. The summed E-state index contributed by atoms with van der Waals surface area (Å²) in [6.07, 6.45) is 1.96. The molecule has 3 nitrogen and oxygen atoms in total. The second kappa shape index (κ2) is 5.17. The molecule has 4 aromatic rings. The lowest BCUT2D eigenvalue weighted by atomic mass is 9.97. The third-order valence-corrected chi connectivity index (χ3v) is 4.35. The number of furan rings is 1. The Morgan fingerprint density at radius 3 is 2.67 bits per heavy atom. The Bertz CT molecular complexity index is 1150. The monoisotopic (exact) mass is 317 g/mol. The number of benzene rings is 2. The first kappa shape index (κ1) is 14.4. The van der Waals surface area contributed by atoms with E-state index in [9.17, 15) is 4.39 Å². The van der Waals surface area contributed by atoms with E-state index in [0.29, 0.717) is 22.2 Å². The molecule has 2 aromatic heterocycles. The Hall–Kier alpha value is -3.19. The molecule has 0 saturated heterocycles. The van der Waals surface area contributed by atoms with Crippen LogP contribution in [0.4, 0.5) is 10.1 Å². The fraction of sp³-hybridized carbons (Fsp3) is 0.100. The van der Waals surface area contributed by atoms with Crippen LogP contribution in [0.25, 0.3) is 38.0 Å². The first-order valence-electron chi connectivity index (χ1n) is 7.58. The molecular formula is C20H14FN2O+. The summed E-state index contributed by atoms with van der Waals surface area (Å²) in [5.41, 5.74) is 4.14. The minimum absolute atomic E-state index is 0.311. The van der Waals surface area contributed by atoms with Crippen LogP contribution >= 0.6 is 0 Å². The van der Waals surface area contributed by atoms with Crippen molar-refractivity contribution in [2.45, 2.75) is 6.92 Å². The molecule has 0 bridgehead atoms. The van der Waals surface area contributed by atoms with Gasteiger partial charge in [-0.1, -0.05) is 6.07 Å². The van der Waals surface area contributed by atoms with Crippen molar-refractivity contribution in [2.24, 2.45) is 7.05 Å². The van der Waals surface area contributed by atoms with Crippen LogP contribution in [-0.2, 0) is 7.05 Å². The lowest BCUT2D eigenvalue weighted by Crippen LogP contribution is -2.30. The van der Waals surface area contributed by atoms with E-state index in [4.69, 9.17) is 11.0 Å². The van der Waals surface area contributed by atoms with E-state index >= 15 is 0 Å². The van der Waals surface area contributed by atoms with Gasteiger partial charge in [-0.3, -0.25) is 0 Å². The smallest absolute Gasteiger partial charge is 0.229 e. The molecule has 0 unspecified atom stereocenters. The summed E-state index contributed by atoms with van der Waals surface area (Å²) >= 11 is 0. The molecule has 2 heterocycles. The Balaban J connectivity index is 2.27. The summed E-state index contributed by atoms with van der Waals surface area (Å²) in [4.78, 5) is 3.46. The molecule has 0 atom stereocenters. The van der Waals surface area contributed by atoms with Gasteiger partial charge in [0.05, 0.1) is 17.5 Å². The largest absolute Gasteiger partial charge is 0.467 e. The van der Waals surface area contributed by atoms with Crippen LogP contribution in [0.1, 0.15) is 5.56 Å². The van der Waals surface area contributed by atoms with Gasteiger partial charge in [0, 0.05) is 17.5 Å². The highest BCUT2D eigenvalue weighted by Gasteiger charge is 2.23. The molecule has 4 rings (SSSR count). The van der Waals surface area contributed by atoms with E-state index in [-0.39, 0.29) is 5.82 Å². The third-order valence-electron chi connectivity index (χ3n) is 4.35. The normalized spacial score (nSPS) is 11.1. The second-order valence-corrected chi connectivity index (χ2v) is 5.81. The number of pyridine rings is 1. The van der Waals surface area contributed by atoms with Crippen molar-refractivity contribution in [1.29, 1.82) is 0 Å². The van der Waals surface area contributed by atoms with E-state index in [1.165, 1.54) is 12.1 Å². The Kier molecular flexibility index (Phi) is 3.10. The van der Waals surface area contributed by atoms with E-state index < -0.39 is 0 Å². The zero-order valence-electron chi connectivity index (χ0n) is 13.3. The van der Waals surface area contributed by atoms with Gasteiger partial charge >= 0.3 is 0 Å². The van der Waals surface area contributed by atoms with Crippen molar-refractivity contribution in [3.63, 3.8) is 0 Å². The number of hydrogen-bond acceptors (Lipinski definition) is 1. The van der Waals surface area contributed by atoms with E-state index in [1.54, 1.807) is 0 Å². The summed E-state index contributed by atoms with van der Waals surface area (Å²) in [5, 5.41) is 1.09. The topological polar surface area (TPSA) is 21.4 Å². The average Bonchev–Trinajstić information content (AvgIpc) is 2.97. The van der Waals surface area contributed by atoms with Gasteiger partial charge in [0.25, 0.3) is 0 Å². The van der Waals surface area contributed by atoms with Crippen LogP contribution in [0, 0.1) is 19.3 Å². The Morgan fingerprint density at radius 1 is 1.08 bits per heavy atom. The minimum atomic E-state index is -0.374. The molecule has 116 valence electrons. The van der Waals surface area contributed by atoms with Gasteiger partial charge in [0.15, 0.2) is 6.20 Å². The number of aryl methyl sites for hydroxylation is 2. The molecule has 0 radical (unpaired) electrons. The lowest BCUT2D eigenvalue weighted by molar-refractivity contribution is -0.660. The average molecular weight is 317 g/mol. The van der Waals surface area contributed by atoms with Crippen LogP contribution < -0.4 is 4.57 Å². The second-order valence-electron chi connectivity index (χ2n) is 5.81.